The van der Waals surface area contributed by atoms with Gasteiger partial charge in [0.15, 0.2) is 0 Å². The van der Waals surface area contributed by atoms with Crippen LogP contribution in [0.15, 0.2) is 0 Å². The Morgan fingerprint density at radius 1 is 0.559 bits per heavy atom. The highest BCUT2D eigenvalue weighted by Gasteiger charge is 2.52. The van der Waals surface area contributed by atoms with Crippen molar-refractivity contribution in [3.8, 4) is 0 Å². The number of carbonyl (C=O) groups is 1. The predicted octanol–water partition coefficient (Wildman–Crippen LogP) is 9.73. The van der Waals surface area contributed by atoms with E-state index in [2.05, 4.69) is 83.1 Å². The monoisotopic (exact) mass is 479 g/mol. The summed E-state index contributed by atoms with van der Waals surface area (Å²) >= 11 is 0. The van der Waals surface area contributed by atoms with Crippen molar-refractivity contribution in [3.05, 3.63) is 0 Å². The molecular formula is C31H61NO2. The first-order valence-corrected chi connectivity index (χ1v) is 13.9. The van der Waals surface area contributed by atoms with Gasteiger partial charge in [-0.05, 0) is 78.9 Å². The maximum absolute atomic E-state index is 12.2. The lowest BCUT2D eigenvalue weighted by Gasteiger charge is -2.57. The Kier molecular flexibility index (Phi) is 9.17. The van der Waals surface area contributed by atoms with Crippen molar-refractivity contribution in [2.75, 3.05) is 13.1 Å². The predicted molar refractivity (Wildman–Crippen MR) is 148 cm³/mol. The van der Waals surface area contributed by atoms with Crippen LogP contribution in [-0.4, -0.2) is 29.7 Å². The Morgan fingerprint density at radius 2 is 0.853 bits per heavy atom. The molecule has 3 nitrogen and oxygen atoms in total. The van der Waals surface area contributed by atoms with E-state index in [1.165, 1.54) is 25.7 Å². The van der Waals surface area contributed by atoms with Gasteiger partial charge in [0.2, 0.25) is 0 Å². The third-order valence-electron chi connectivity index (χ3n) is 9.47. The summed E-state index contributed by atoms with van der Waals surface area (Å²) in [7, 11) is 0. The van der Waals surface area contributed by atoms with E-state index in [9.17, 15) is 4.79 Å². The molecule has 1 aliphatic carbocycles. The van der Waals surface area contributed by atoms with Gasteiger partial charge in [0.25, 0.3) is 0 Å². The van der Waals surface area contributed by atoms with Crippen LogP contribution in [0, 0.1) is 32.5 Å². The molecule has 0 aromatic carbocycles. The quantitative estimate of drug-likeness (QED) is 0.346. The van der Waals surface area contributed by atoms with Crippen molar-refractivity contribution in [3.63, 3.8) is 0 Å². The SMILES string of the molecule is CC(C)(C)C1(C(C)(C)C)CCCC1.CC(C)(C)OC(=O)N1CCC(C(C)(C)C)(C(C)(C)C)CC1. The topological polar surface area (TPSA) is 29.5 Å². The van der Waals surface area contributed by atoms with Crippen molar-refractivity contribution in [2.24, 2.45) is 32.5 Å². The largest absolute Gasteiger partial charge is 0.444 e. The van der Waals surface area contributed by atoms with E-state index in [0.717, 1.165) is 25.9 Å². The van der Waals surface area contributed by atoms with Crippen molar-refractivity contribution in [1.82, 2.24) is 4.90 Å². The summed E-state index contributed by atoms with van der Waals surface area (Å²) in [6, 6.07) is 0. The maximum atomic E-state index is 12.2. The summed E-state index contributed by atoms with van der Waals surface area (Å²) in [6.45, 7) is 35.9. The molecule has 1 saturated heterocycles. The molecule has 2 aliphatic rings. The van der Waals surface area contributed by atoms with Gasteiger partial charge in [-0.1, -0.05) is 95.9 Å². The summed E-state index contributed by atoms with van der Waals surface area (Å²) in [5, 5.41) is 0. The molecule has 0 unspecified atom stereocenters. The van der Waals surface area contributed by atoms with Gasteiger partial charge in [-0.3, -0.25) is 0 Å². The van der Waals surface area contributed by atoms with Crippen LogP contribution in [0.4, 0.5) is 4.79 Å². The third kappa shape index (κ3) is 6.73. The fourth-order valence-corrected chi connectivity index (χ4v) is 7.63. The minimum atomic E-state index is -0.417. The number of amides is 1. The molecule has 0 spiro atoms. The number of ether oxygens (including phenoxy) is 1. The van der Waals surface area contributed by atoms with E-state index >= 15 is 0 Å². The van der Waals surface area contributed by atoms with E-state index in [1.54, 1.807) is 0 Å². The van der Waals surface area contributed by atoms with Crippen molar-refractivity contribution >= 4 is 6.09 Å². The van der Waals surface area contributed by atoms with Crippen LogP contribution in [-0.2, 0) is 4.74 Å². The smallest absolute Gasteiger partial charge is 0.410 e. The second kappa shape index (κ2) is 9.97. The van der Waals surface area contributed by atoms with Crippen LogP contribution in [0.2, 0.25) is 0 Å². The molecule has 0 bridgehead atoms. The highest BCUT2D eigenvalue weighted by atomic mass is 16.6. The molecule has 202 valence electrons. The molecule has 1 aliphatic heterocycles. The first kappa shape index (κ1) is 31.3. The summed E-state index contributed by atoms with van der Waals surface area (Å²) < 4.78 is 5.50. The zero-order valence-electron chi connectivity index (χ0n) is 25.9. The lowest BCUT2D eigenvalue weighted by atomic mass is 9.50. The van der Waals surface area contributed by atoms with Gasteiger partial charge in [0, 0.05) is 13.1 Å². The van der Waals surface area contributed by atoms with E-state index in [4.69, 9.17) is 4.74 Å². The second-order valence-corrected chi connectivity index (χ2v) is 16.3. The van der Waals surface area contributed by atoms with E-state index in [-0.39, 0.29) is 22.3 Å². The summed E-state index contributed by atoms with van der Waals surface area (Å²) in [5.74, 6) is 0. The standard InChI is InChI=1S/C18H35NO2.C13H26/c1-15(2,3)18(16(4,5)6)10-12-19(13-11-18)14(20)21-17(7,8)9;1-11(2,3)13(12(4,5)6)9-7-8-10-13/h10-13H2,1-9H3;7-10H2,1-6H3. The molecule has 0 aromatic heterocycles. The molecule has 0 aromatic rings. The van der Waals surface area contributed by atoms with E-state index in [1.807, 2.05) is 25.7 Å². The molecule has 1 saturated carbocycles. The fraction of sp³-hybridized carbons (Fsp3) is 0.968. The third-order valence-corrected chi connectivity index (χ3v) is 9.47. The van der Waals surface area contributed by atoms with E-state index in [0.29, 0.717) is 16.2 Å². The van der Waals surface area contributed by atoms with Crippen LogP contribution in [0.3, 0.4) is 0 Å². The van der Waals surface area contributed by atoms with Crippen molar-refractivity contribution < 1.29 is 9.53 Å². The van der Waals surface area contributed by atoms with Crippen LogP contribution in [0.1, 0.15) is 142 Å². The van der Waals surface area contributed by atoms with Crippen LogP contribution >= 0.6 is 0 Å². The second-order valence-electron chi connectivity index (χ2n) is 16.3. The zero-order valence-corrected chi connectivity index (χ0v) is 25.9. The first-order valence-electron chi connectivity index (χ1n) is 13.9. The summed E-state index contributed by atoms with van der Waals surface area (Å²) in [6.07, 6.45) is 7.65. The number of piperidine rings is 1. The van der Waals surface area contributed by atoms with Crippen LogP contribution in [0.25, 0.3) is 0 Å². The Balaban J connectivity index is 0.000000380. The number of likely N-dealkylation sites (tertiary alicyclic amines) is 1. The molecule has 0 atom stereocenters. The molecule has 34 heavy (non-hydrogen) atoms. The maximum Gasteiger partial charge on any atom is 0.410 e. The number of nitrogens with zero attached hydrogens (tertiary/aromatic N) is 1. The Morgan fingerprint density at radius 3 is 1.09 bits per heavy atom. The van der Waals surface area contributed by atoms with Crippen LogP contribution in [0.5, 0.6) is 0 Å². The van der Waals surface area contributed by atoms with Gasteiger partial charge < -0.3 is 9.64 Å². The van der Waals surface area contributed by atoms with Crippen molar-refractivity contribution in [1.29, 1.82) is 0 Å². The lowest BCUT2D eigenvalue weighted by molar-refractivity contribution is -0.0828. The molecule has 2 rings (SSSR count). The number of carbonyl (C=O) groups excluding carboxylic acids is 1. The lowest BCUT2D eigenvalue weighted by Crippen LogP contribution is -2.54. The number of rotatable bonds is 0. The van der Waals surface area contributed by atoms with Gasteiger partial charge in [-0.2, -0.15) is 0 Å². The Labute approximate surface area is 214 Å². The minimum absolute atomic E-state index is 0.168. The van der Waals surface area contributed by atoms with Gasteiger partial charge in [-0.15, -0.1) is 0 Å². The average Bonchev–Trinajstić information content (AvgIpc) is 3.10. The Hall–Kier alpha value is -0.730. The number of hydrogen-bond acceptors (Lipinski definition) is 2. The summed E-state index contributed by atoms with van der Waals surface area (Å²) in [4.78, 5) is 14.1. The van der Waals surface area contributed by atoms with Crippen LogP contribution < -0.4 is 0 Å². The normalized spacial score (nSPS) is 21.6. The molecular weight excluding hydrogens is 418 g/mol. The molecule has 1 amide bonds. The molecule has 0 N–H and O–H groups in total. The number of hydrogen-bond donors (Lipinski definition) is 0. The van der Waals surface area contributed by atoms with E-state index < -0.39 is 5.60 Å². The molecule has 3 heteroatoms. The first-order chi connectivity index (χ1) is 14.9. The average molecular weight is 480 g/mol. The highest BCUT2D eigenvalue weighted by Crippen LogP contribution is 2.61. The Bertz CT molecular complexity index is 625. The fourth-order valence-electron chi connectivity index (χ4n) is 7.63. The van der Waals surface area contributed by atoms with Gasteiger partial charge >= 0.3 is 6.09 Å². The molecule has 0 radical (unpaired) electrons. The zero-order chi connectivity index (χ0) is 27.0. The van der Waals surface area contributed by atoms with Gasteiger partial charge in [0.05, 0.1) is 0 Å². The van der Waals surface area contributed by atoms with Crippen molar-refractivity contribution in [2.45, 2.75) is 148 Å². The molecule has 2 fully saturated rings. The van der Waals surface area contributed by atoms with Gasteiger partial charge in [0.1, 0.15) is 5.60 Å². The highest BCUT2D eigenvalue weighted by molar-refractivity contribution is 5.68. The minimum Gasteiger partial charge on any atom is -0.444 e. The summed E-state index contributed by atoms with van der Waals surface area (Å²) in [5.41, 5.74) is 1.78. The molecule has 1 heterocycles. The van der Waals surface area contributed by atoms with Gasteiger partial charge in [-0.25, -0.2) is 4.79 Å².